The van der Waals surface area contributed by atoms with Crippen molar-refractivity contribution in [3.63, 3.8) is 0 Å². The molecule has 0 aromatic carbocycles. The van der Waals surface area contributed by atoms with Crippen molar-refractivity contribution < 1.29 is 67.9 Å². The van der Waals surface area contributed by atoms with Crippen LogP contribution in [0.1, 0.15) is 84.0 Å². The first-order valence-corrected chi connectivity index (χ1v) is 20.4. The summed E-state index contributed by atoms with van der Waals surface area (Å²) in [5.74, 6) is -1.61. The fourth-order valence-corrected chi connectivity index (χ4v) is 6.10. The molecule has 18 heteroatoms. The summed E-state index contributed by atoms with van der Waals surface area (Å²) in [7, 11) is -4.86. The van der Waals surface area contributed by atoms with E-state index in [1.807, 2.05) is 0 Å². The summed E-state index contributed by atoms with van der Waals surface area (Å²) in [6.45, 7) is 5.29. The monoisotopic (exact) mass is 833 g/mol. The molecule has 14 N–H and O–H groups in total. The van der Waals surface area contributed by atoms with Crippen LogP contribution in [0.2, 0.25) is 0 Å². The topological polar surface area (TPSA) is 327 Å². The lowest BCUT2D eigenvalue weighted by Gasteiger charge is -2.22. The maximum Gasteiger partial charge on any atom is 0.397 e. The van der Waals surface area contributed by atoms with Crippen molar-refractivity contribution in [2.75, 3.05) is 6.54 Å². The smallest absolute Gasteiger partial charge is 0.393 e. The van der Waals surface area contributed by atoms with E-state index in [2.05, 4.69) is 15.8 Å². The number of ketones is 1. The van der Waals surface area contributed by atoms with Crippen LogP contribution in [0.4, 0.5) is 0 Å². The highest BCUT2D eigenvalue weighted by Crippen LogP contribution is 2.20. The van der Waals surface area contributed by atoms with Crippen LogP contribution in [0.5, 0.6) is 0 Å². The third-order valence-electron chi connectivity index (χ3n) is 8.53. The first-order chi connectivity index (χ1) is 26.7. The second-order valence-corrected chi connectivity index (χ2v) is 15.1. The third kappa shape index (κ3) is 31.6. The molecule has 0 aliphatic heterocycles. The molecule has 11 unspecified atom stereocenters. The molecule has 328 valence electrons. The number of carbonyl (C=O) groups excluding carboxylic acids is 1. The van der Waals surface area contributed by atoms with Crippen LogP contribution in [0, 0.1) is 5.92 Å². The van der Waals surface area contributed by atoms with Gasteiger partial charge in [0, 0.05) is 38.1 Å². The van der Waals surface area contributed by atoms with E-state index in [0.717, 1.165) is 0 Å². The number of aliphatic hydroxyl groups excluding tert-OH is 9. The first-order valence-electron chi connectivity index (χ1n) is 19.0. The lowest BCUT2D eigenvalue weighted by Crippen LogP contribution is -2.32. The number of nitrogens with two attached hydrogens (primary N) is 2. The Bertz CT molecular complexity index is 1400. The number of aliphatic hydroxyl groups is 9. The van der Waals surface area contributed by atoms with Gasteiger partial charge in [0.25, 0.3) is 0 Å². The summed E-state index contributed by atoms with van der Waals surface area (Å²) in [5, 5.41) is 91.9. The van der Waals surface area contributed by atoms with Crippen molar-refractivity contribution in [2.24, 2.45) is 22.4 Å². The molecule has 0 saturated heterocycles. The van der Waals surface area contributed by atoms with Crippen molar-refractivity contribution in [1.29, 1.82) is 0 Å². The van der Waals surface area contributed by atoms with Crippen LogP contribution in [0.15, 0.2) is 78.4 Å². The Labute approximate surface area is 336 Å². The summed E-state index contributed by atoms with van der Waals surface area (Å²) >= 11 is 0. The third-order valence-corrected chi connectivity index (χ3v) is 9.02. The number of Topliss-reactive ketones (excluding diaryl/α,β-unsaturated/α-hetero) is 1. The molecule has 0 aliphatic carbocycles. The molecular weight excluding hydrogens is 767 g/mol. The number of carbonyl (C=O) groups is 1. The number of nitrogens with zero attached hydrogens (tertiary/aromatic N) is 1. The van der Waals surface area contributed by atoms with Crippen molar-refractivity contribution in [3.8, 4) is 0 Å². The van der Waals surface area contributed by atoms with Gasteiger partial charge < -0.3 is 57.4 Å². The Morgan fingerprint density at radius 2 is 1.14 bits per heavy atom. The summed E-state index contributed by atoms with van der Waals surface area (Å²) in [5.41, 5.74) is 10.5. The standard InChI is InChI=1S/C39H67N3O14S/c1-3-4-5-6-7-19-38(56-57(53,54)55)27(2)37(52)26-36(51)25-33(48)17-10-16-32(47)24-35(50)23-31(46)15-9-14-29(44)21-28(43)12-8-13-30(45)22-34(49)18-11-20-42-39(40)41/h3-10,12,15,17,27-36,38,43-51H,1,11,13-14,16,18-26H2,2H3,(H4,40,41,42)(H,53,54,55)/b5-4+,7-6+,12-8+,15-9+,17-10+. The number of rotatable bonds is 33. The zero-order chi connectivity index (χ0) is 43.4. The maximum atomic E-state index is 12.7. The normalized spacial score (nSPS) is 18.7. The predicted octanol–water partition coefficient (Wildman–Crippen LogP) is 0.549. The van der Waals surface area contributed by atoms with Crippen LogP contribution in [0.3, 0.4) is 0 Å². The average molecular weight is 834 g/mol. The molecule has 57 heavy (non-hydrogen) atoms. The van der Waals surface area contributed by atoms with Crippen LogP contribution < -0.4 is 11.5 Å². The number of aliphatic imine (C=N–C) groups is 1. The minimum Gasteiger partial charge on any atom is -0.393 e. The largest absolute Gasteiger partial charge is 0.397 e. The minimum absolute atomic E-state index is 0.00317. The van der Waals surface area contributed by atoms with Crippen molar-refractivity contribution >= 4 is 22.1 Å². The van der Waals surface area contributed by atoms with Crippen LogP contribution in [-0.4, -0.2) is 138 Å². The maximum absolute atomic E-state index is 12.7. The zero-order valence-electron chi connectivity index (χ0n) is 32.7. The second-order valence-electron chi connectivity index (χ2n) is 14.0. The van der Waals surface area contributed by atoms with Gasteiger partial charge in [0.1, 0.15) is 5.78 Å². The number of hydrogen-bond donors (Lipinski definition) is 12. The molecule has 0 rings (SSSR count). The van der Waals surface area contributed by atoms with Gasteiger partial charge in [0.05, 0.1) is 61.0 Å². The average Bonchev–Trinajstić information content (AvgIpc) is 3.08. The molecule has 0 spiro atoms. The van der Waals surface area contributed by atoms with Gasteiger partial charge in [-0.2, -0.15) is 8.42 Å². The Balaban J connectivity index is 4.55. The number of allylic oxidation sites excluding steroid dienone is 4. The SMILES string of the molecule is C=C/C=C/C=C/CC(OS(=O)(=O)O)C(C)C(=O)CC(O)CC(O)/C=C/CC(O)CC(O)CC(O)/C=C/CC(O)CC(O)/C=C/CC(O)CC(O)CCCN=C(N)N. The van der Waals surface area contributed by atoms with E-state index in [1.54, 1.807) is 24.3 Å². The molecular formula is C39H67N3O14S. The Kier molecular flexibility index (Phi) is 29.2. The van der Waals surface area contributed by atoms with E-state index in [1.165, 1.54) is 49.5 Å². The molecule has 11 atom stereocenters. The quantitative estimate of drug-likeness (QED) is 0.0107. The van der Waals surface area contributed by atoms with Crippen LogP contribution >= 0.6 is 0 Å². The lowest BCUT2D eigenvalue weighted by molar-refractivity contribution is -0.127. The van der Waals surface area contributed by atoms with Crippen LogP contribution in [-0.2, 0) is 19.4 Å². The molecule has 0 amide bonds. The molecule has 0 fully saturated rings. The molecule has 0 aromatic rings. The van der Waals surface area contributed by atoms with E-state index in [0.29, 0.717) is 19.4 Å². The van der Waals surface area contributed by atoms with Crippen LogP contribution in [0.25, 0.3) is 0 Å². The molecule has 0 saturated carbocycles. The van der Waals surface area contributed by atoms with Gasteiger partial charge in [-0.15, -0.1) is 0 Å². The summed E-state index contributed by atoms with van der Waals surface area (Å²) in [6, 6.07) is 0. The summed E-state index contributed by atoms with van der Waals surface area (Å²) in [6.07, 6.45) is 6.72. The molecule has 0 radical (unpaired) electrons. The van der Waals surface area contributed by atoms with Gasteiger partial charge in [-0.25, -0.2) is 4.18 Å². The molecule has 17 nitrogen and oxygen atoms in total. The van der Waals surface area contributed by atoms with Gasteiger partial charge in [-0.3, -0.25) is 14.3 Å². The van der Waals surface area contributed by atoms with Crippen molar-refractivity contribution in [1.82, 2.24) is 0 Å². The zero-order valence-corrected chi connectivity index (χ0v) is 33.5. The van der Waals surface area contributed by atoms with E-state index in [-0.39, 0.29) is 63.7 Å². The lowest BCUT2D eigenvalue weighted by atomic mass is 9.92. The number of hydrogen-bond acceptors (Lipinski definition) is 14. The van der Waals surface area contributed by atoms with Crippen molar-refractivity contribution in [3.05, 3.63) is 73.4 Å². The Hall–Kier alpha value is -3.11. The summed E-state index contributed by atoms with van der Waals surface area (Å²) in [4.78, 5) is 16.6. The van der Waals surface area contributed by atoms with Gasteiger partial charge in [-0.1, -0.05) is 80.3 Å². The molecule has 0 heterocycles. The molecule has 0 aromatic heterocycles. The first kappa shape index (κ1) is 53.9. The summed E-state index contributed by atoms with van der Waals surface area (Å²) < 4.78 is 36.4. The number of guanidine groups is 1. The van der Waals surface area contributed by atoms with E-state index in [4.69, 9.17) is 16.0 Å². The Morgan fingerprint density at radius 3 is 1.63 bits per heavy atom. The van der Waals surface area contributed by atoms with Gasteiger partial charge in [-0.05, 0) is 51.4 Å². The van der Waals surface area contributed by atoms with E-state index < -0.39 is 89.6 Å². The van der Waals surface area contributed by atoms with Crippen molar-refractivity contribution in [2.45, 2.75) is 145 Å². The van der Waals surface area contributed by atoms with Gasteiger partial charge >= 0.3 is 10.4 Å². The van der Waals surface area contributed by atoms with Gasteiger partial charge in [0.2, 0.25) is 0 Å². The highest BCUT2D eigenvalue weighted by atomic mass is 32.3. The fourth-order valence-electron chi connectivity index (χ4n) is 5.54. The fraction of sp³-hybridized carbons (Fsp3) is 0.641. The van der Waals surface area contributed by atoms with E-state index in [9.17, 15) is 59.2 Å². The Morgan fingerprint density at radius 1 is 0.667 bits per heavy atom. The molecule has 0 aliphatic rings. The minimum atomic E-state index is -4.86. The van der Waals surface area contributed by atoms with E-state index >= 15 is 0 Å². The second kappa shape index (κ2) is 30.9. The molecule has 0 bridgehead atoms. The highest BCUT2D eigenvalue weighted by Gasteiger charge is 2.29. The van der Waals surface area contributed by atoms with Gasteiger partial charge in [0.15, 0.2) is 5.96 Å². The predicted molar refractivity (Wildman–Crippen MR) is 217 cm³/mol. The highest BCUT2D eigenvalue weighted by molar-refractivity contribution is 7.80.